The Kier molecular flexibility index (Phi) is 3.89. The van der Waals surface area contributed by atoms with Gasteiger partial charge < -0.3 is 9.88 Å². The van der Waals surface area contributed by atoms with E-state index in [0.717, 1.165) is 35.2 Å². The van der Waals surface area contributed by atoms with Gasteiger partial charge >= 0.3 is 0 Å². The molecule has 1 saturated heterocycles. The number of hydrogen-bond acceptors (Lipinski definition) is 4. The highest BCUT2D eigenvalue weighted by molar-refractivity contribution is 5.87. The molecule has 1 aromatic carbocycles. The molecule has 1 N–H and O–H groups in total. The first-order valence-electron chi connectivity index (χ1n) is 9.55. The second kappa shape index (κ2) is 6.40. The molecule has 0 bridgehead atoms. The van der Waals surface area contributed by atoms with Crippen molar-refractivity contribution in [3.8, 4) is 0 Å². The Morgan fingerprint density at radius 1 is 1.08 bits per heavy atom. The summed E-state index contributed by atoms with van der Waals surface area (Å²) < 4.78 is 0. The molecule has 0 spiro atoms. The lowest BCUT2D eigenvalue weighted by atomic mass is 10.0. The second-order valence-electron chi connectivity index (χ2n) is 7.87. The summed E-state index contributed by atoms with van der Waals surface area (Å²) in [5, 5.41) is 1.12. The maximum absolute atomic E-state index is 4.57. The van der Waals surface area contributed by atoms with Gasteiger partial charge in [0.25, 0.3) is 0 Å². The lowest BCUT2D eigenvalue weighted by Crippen LogP contribution is -2.32. The van der Waals surface area contributed by atoms with Crippen LogP contribution in [0.15, 0.2) is 48.9 Å². The Morgan fingerprint density at radius 2 is 1.85 bits per heavy atom. The number of H-pyrrole nitrogens is 1. The van der Waals surface area contributed by atoms with E-state index in [4.69, 9.17) is 0 Å². The van der Waals surface area contributed by atoms with Crippen molar-refractivity contribution in [3.63, 3.8) is 0 Å². The molecule has 3 aromatic rings. The molecule has 0 radical (unpaired) electrons. The first kappa shape index (κ1) is 15.8. The van der Waals surface area contributed by atoms with E-state index < -0.39 is 0 Å². The maximum Gasteiger partial charge on any atom is 0.142 e. The molecule has 5 rings (SSSR count). The average molecular weight is 347 g/mol. The maximum atomic E-state index is 4.57. The van der Waals surface area contributed by atoms with Crippen LogP contribution in [0.4, 0.5) is 5.82 Å². The first-order chi connectivity index (χ1) is 12.8. The van der Waals surface area contributed by atoms with Crippen molar-refractivity contribution in [1.29, 1.82) is 0 Å². The third kappa shape index (κ3) is 2.76. The molecular weight excluding hydrogens is 322 g/mol. The van der Waals surface area contributed by atoms with E-state index in [1.165, 1.54) is 31.5 Å². The summed E-state index contributed by atoms with van der Waals surface area (Å²) in [4.78, 5) is 17.1. The smallest absolute Gasteiger partial charge is 0.142 e. The highest BCUT2D eigenvalue weighted by atomic mass is 15.2. The molecule has 2 aromatic heterocycles. The predicted molar refractivity (Wildman–Crippen MR) is 104 cm³/mol. The molecule has 0 amide bonds. The molecule has 26 heavy (non-hydrogen) atoms. The topological polar surface area (TPSA) is 48.1 Å². The summed E-state index contributed by atoms with van der Waals surface area (Å²) in [5.41, 5.74) is 2.35. The molecular formula is C21H25N5. The number of rotatable bonds is 4. The fourth-order valence-corrected chi connectivity index (χ4v) is 4.96. The van der Waals surface area contributed by atoms with Crippen molar-refractivity contribution in [2.45, 2.75) is 25.4 Å². The zero-order valence-corrected chi connectivity index (χ0v) is 15.2. The summed E-state index contributed by atoms with van der Waals surface area (Å²) in [6, 6.07) is 13.5. The van der Waals surface area contributed by atoms with Gasteiger partial charge in [-0.25, -0.2) is 9.97 Å². The van der Waals surface area contributed by atoms with Gasteiger partial charge in [0.05, 0.1) is 5.39 Å². The molecule has 0 unspecified atom stereocenters. The number of likely N-dealkylation sites (tertiary alicyclic amines) is 1. The van der Waals surface area contributed by atoms with E-state index in [0.29, 0.717) is 6.04 Å². The quantitative estimate of drug-likeness (QED) is 0.787. The van der Waals surface area contributed by atoms with E-state index >= 15 is 0 Å². The molecule has 3 atom stereocenters. The van der Waals surface area contributed by atoms with E-state index in [9.17, 15) is 0 Å². The lowest BCUT2D eigenvalue weighted by molar-refractivity contribution is 0.298. The number of aromatic amines is 1. The fourth-order valence-electron chi connectivity index (χ4n) is 4.96. The van der Waals surface area contributed by atoms with E-state index in [1.54, 1.807) is 6.33 Å². The third-order valence-electron chi connectivity index (χ3n) is 6.27. The van der Waals surface area contributed by atoms with E-state index in [-0.39, 0.29) is 0 Å². The molecule has 1 saturated carbocycles. The molecule has 5 nitrogen and oxygen atoms in total. The number of anilines is 1. The predicted octanol–water partition coefficient (Wildman–Crippen LogP) is 3.30. The molecule has 1 aliphatic heterocycles. The van der Waals surface area contributed by atoms with Crippen LogP contribution in [-0.2, 0) is 6.54 Å². The minimum Gasteiger partial charge on any atom is -0.356 e. The zero-order chi connectivity index (χ0) is 17.5. The van der Waals surface area contributed by atoms with Crippen molar-refractivity contribution in [3.05, 3.63) is 54.5 Å². The Morgan fingerprint density at radius 3 is 2.62 bits per heavy atom. The van der Waals surface area contributed by atoms with Crippen LogP contribution in [0.25, 0.3) is 11.0 Å². The van der Waals surface area contributed by atoms with Crippen LogP contribution >= 0.6 is 0 Å². The summed E-state index contributed by atoms with van der Waals surface area (Å²) in [6.45, 7) is 3.55. The summed E-state index contributed by atoms with van der Waals surface area (Å²) in [6.07, 6.45) is 6.15. The Bertz CT molecular complexity index is 876. The van der Waals surface area contributed by atoms with E-state index in [1.807, 2.05) is 6.20 Å². The van der Waals surface area contributed by atoms with Gasteiger partial charge in [-0.2, -0.15) is 0 Å². The number of fused-ring (bicyclic) bond motifs is 2. The SMILES string of the molecule is CN(c1ncnc2[nH]ccc12)[C@H]1C[C@@H]2CN(Cc3ccccc3)C[C@@H]2C1. The Balaban J connectivity index is 1.26. The Labute approximate surface area is 154 Å². The van der Waals surface area contributed by atoms with Crippen LogP contribution in [0.1, 0.15) is 18.4 Å². The second-order valence-corrected chi connectivity index (χ2v) is 7.87. The number of hydrogen-bond donors (Lipinski definition) is 1. The van der Waals surface area contributed by atoms with Crippen molar-refractivity contribution >= 4 is 16.9 Å². The third-order valence-corrected chi connectivity index (χ3v) is 6.27. The number of nitrogens with one attached hydrogen (secondary N) is 1. The van der Waals surface area contributed by atoms with Crippen LogP contribution < -0.4 is 4.90 Å². The van der Waals surface area contributed by atoms with Gasteiger partial charge in [0, 0.05) is 38.9 Å². The average Bonchev–Trinajstić information content (AvgIpc) is 3.35. The molecule has 2 fully saturated rings. The highest BCUT2D eigenvalue weighted by Gasteiger charge is 2.42. The van der Waals surface area contributed by atoms with Gasteiger partial charge in [0.1, 0.15) is 17.8 Å². The van der Waals surface area contributed by atoms with Crippen LogP contribution in [-0.4, -0.2) is 46.0 Å². The van der Waals surface area contributed by atoms with Crippen LogP contribution in [0.5, 0.6) is 0 Å². The zero-order valence-electron chi connectivity index (χ0n) is 15.2. The standard InChI is InChI=1S/C21H25N5/c1-25(21-19-7-8-22-20(19)23-14-24-21)18-9-16-12-26(13-17(16)10-18)11-15-5-3-2-4-6-15/h2-8,14,16-18H,9-13H2,1H3,(H,22,23,24)/t16-,17+,18+. The van der Waals surface area contributed by atoms with Gasteiger partial charge in [-0.1, -0.05) is 30.3 Å². The van der Waals surface area contributed by atoms with Crippen LogP contribution in [0.2, 0.25) is 0 Å². The minimum atomic E-state index is 0.580. The number of benzene rings is 1. The number of aromatic nitrogens is 3. The fraction of sp³-hybridized carbons (Fsp3) is 0.429. The van der Waals surface area contributed by atoms with Gasteiger partial charge in [0.2, 0.25) is 0 Å². The van der Waals surface area contributed by atoms with Gasteiger partial charge in [-0.3, -0.25) is 4.90 Å². The van der Waals surface area contributed by atoms with Crippen molar-refractivity contribution in [1.82, 2.24) is 19.9 Å². The summed E-state index contributed by atoms with van der Waals surface area (Å²) in [5.74, 6) is 2.69. The molecule has 3 heterocycles. The van der Waals surface area contributed by atoms with E-state index in [2.05, 4.69) is 68.2 Å². The first-order valence-corrected chi connectivity index (χ1v) is 9.55. The van der Waals surface area contributed by atoms with Gasteiger partial charge in [-0.05, 0) is 36.3 Å². The monoisotopic (exact) mass is 347 g/mol. The molecule has 1 aliphatic carbocycles. The van der Waals surface area contributed by atoms with Gasteiger partial charge in [-0.15, -0.1) is 0 Å². The van der Waals surface area contributed by atoms with Crippen molar-refractivity contribution < 1.29 is 0 Å². The summed E-state index contributed by atoms with van der Waals surface area (Å²) >= 11 is 0. The summed E-state index contributed by atoms with van der Waals surface area (Å²) in [7, 11) is 2.20. The normalized spacial score (nSPS) is 25.7. The number of nitrogens with zero attached hydrogens (tertiary/aromatic N) is 4. The lowest BCUT2D eigenvalue weighted by Gasteiger charge is -2.28. The minimum absolute atomic E-state index is 0.580. The van der Waals surface area contributed by atoms with Crippen molar-refractivity contribution in [2.24, 2.45) is 11.8 Å². The van der Waals surface area contributed by atoms with Gasteiger partial charge in [0.15, 0.2) is 0 Å². The molecule has 2 aliphatic rings. The molecule has 134 valence electrons. The van der Waals surface area contributed by atoms with Crippen LogP contribution in [0.3, 0.4) is 0 Å². The molecule has 5 heteroatoms. The van der Waals surface area contributed by atoms with Crippen LogP contribution in [0, 0.1) is 11.8 Å². The van der Waals surface area contributed by atoms with Crippen molar-refractivity contribution in [2.75, 3.05) is 25.0 Å². The Hall–Kier alpha value is -2.40. The highest BCUT2D eigenvalue weighted by Crippen LogP contribution is 2.41. The largest absolute Gasteiger partial charge is 0.356 e.